The van der Waals surface area contributed by atoms with E-state index in [1.807, 2.05) is 0 Å². The average molecular weight is 842 g/mol. The molecule has 35 heteroatoms. The maximum Gasteiger partial charge on any atom is 0.472 e. The van der Waals surface area contributed by atoms with E-state index in [1.54, 1.807) is 0 Å². The highest BCUT2D eigenvalue weighted by molar-refractivity contribution is 7.48. The summed E-state index contributed by atoms with van der Waals surface area (Å²) in [5.74, 6) is 0. The largest absolute Gasteiger partial charge is 0.472 e. The predicted molar refractivity (Wildman–Crippen MR) is 145 cm³/mol. The van der Waals surface area contributed by atoms with Gasteiger partial charge in [-0.3, -0.25) is 54.3 Å². The average Bonchev–Trinajstić information content (AvgIpc) is 2.89. The van der Waals surface area contributed by atoms with Gasteiger partial charge in [-0.25, -0.2) is 32.0 Å². The summed E-state index contributed by atoms with van der Waals surface area (Å²) in [7, 11) is -33.7. The normalized spacial score (nSPS) is 19.3. The Balaban J connectivity index is 4.13. The molecular formula is C12H33O28P7. The molecular weight excluding hydrogens is 809 g/mol. The Kier molecular flexibility index (Phi) is 22.3. The fraction of sp³-hybridized carbons (Fsp3) is 1.00. The van der Waals surface area contributed by atoms with E-state index in [2.05, 4.69) is 54.3 Å². The zero-order valence-electron chi connectivity index (χ0n) is 23.4. The zero-order chi connectivity index (χ0) is 36.5. The van der Waals surface area contributed by atoms with Crippen LogP contribution in [0.25, 0.3) is 0 Å². The fourth-order valence-corrected chi connectivity index (χ4v) is 6.07. The van der Waals surface area contributed by atoms with Crippen LogP contribution in [-0.2, 0) is 86.2 Å². The van der Waals surface area contributed by atoms with Crippen LogP contribution in [0.4, 0.5) is 0 Å². The number of rotatable bonds is 30. The topological polar surface area (TPSA) is 412 Å². The van der Waals surface area contributed by atoms with Gasteiger partial charge in [0.05, 0.1) is 79.3 Å². The molecule has 0 aliphatic rings. The quantitative estimate of drug-likeness (QED) is 0.0336. The predicted octanol–water partition coefficient (Wildman–Crippen LogP) is -0.127. The molecule has 4 unspecified atom stereocenters. The summed E-state index contributed by atoms with van der Waals surface area (Å²) in [6.07, 6.45) is 0. The Bertz CT molecular complexity index is 1150. The van der Waals surface area contributed by atoms with E-state index in [9.17, 15) is 56.4 Å². The van der Waals surface area contributed by atoms with Crippen molar-refractivity contribution in [2.24, 2.45) is 0 Å². The van der Waals surface area contributed by atoms with E-state index in [1.165, 1.54) is 0 Å². The minimum absolute atomic E-state index is 0.762. The van der Waals surface area contributed by atoms with Gasteiger partial charge in [-0.05, 0) is 0 Å². The molecule has 4 atom stereocenters. The first-order valence-electron chi connectivity index (χ1n) is 11.7. The van der Waals surface area contributed by atoms with Crippen molar-refractivity contribution in [3.8, 4) is 0 Å². The van der Waals surface area contributed by atoms with Gasteiger partial charge in [0.15, 0.2) is 0 Å². The summed E-state index contributed by atoms with van der Waals surface area (Å²) in [4.78, 5) is 81.0. The molecule has 0 heterocycles. The summed E-state index contributed by atoms with van der Waals surface area (Å²) >= 11 is 0. The molecule has 0 saturated carbocycles. The van der Waals surface area contributed by atoms with Crippen molar-refractivity contribution in [2.75, 3.05) is 79.3 Å². The second-order valence-corrected chi connectivity index (χ2v) is 17.1. The lowest BCUT2D eigenvalue weighted by Gasteiger charge is -2.16. The van der Waals surface area contributed by atoms with Gasteiger partial charge in [-0.15, -0.1) is 0 Å². The molecule has 0 aliphatic heterocycles. The van der Waals surface area contributed by atoms with Crippen LogP contribution in [0.2, 0.25) is 0 Å². The summed E-state index contributed by atoms with van der Waals surface area (Å²) in [5.41, 5.74) is 0. The van der Waals surface area contributed by atoms with Crippen molar-refractivity contribution in [3.05, 3.63) is 0 Å². The second kappa shape index (κ2) is 22.0. The minimum Gasteiger partial charge on any atom is -0.303 e. The van der Waals surface area contributed by atoms with Crippen molar-refractivity contribution in [2.45, 2.75) is 0 Å². The Hall–Kier alpha value is 0.770. The van der Waals surface area contributed by atoms with Gasteiger partial charge in [0, 0.05) is 0 Å². The van der Waals surface area contributed by atoms with Gasteiger partial charge in [-0.1, -0.05) is 0 Å². The molecule has 28 nitrogen and oxygen atoms in total. The van der Waals surface area contributed by atoms with E-state index < -0.39 is 134 Å². The van der Waals surface area contributed by atoms with E-state index >= 15 is 0 Å². The lowest BCUT2D eigenvalue weighted by atomic mass is 10.8. The van der Waals surface area contributed by atoms with Crippen LogP contribution >= 0.6 is 54.8 Å². The first-order chi connectivity index (χ1) is 21.2. The molecule has 0 amide bonds. The van der Waals surface area contributed by atoms with Crippen LogP contribution in [0, 0.1) is 0 Å². The molecule has 0 radical (unpaired) electrons. The highest BCUT2D eigenvalue weighted by atomic mass is 31.2. The van der Waals surface area contributed by atoms with Gasteiger partial charge in [0.25, 0.3) is 0 Å². The Labute approximate surface area is 264 Å². The third-order valence-electron chi connectivity index (χ3n) is 3.56. The Morgan fingerprint density at radius 2 is 0.340 bits per heavy atom. The van der Waals surface area contributed by atoms with Gasteiger partial charge in [0.2, 0.25) is 0 Å². The molecule has 0 rings (SSSR count). The first kappa shape index (κ1) is 47.8. The third kappa shape index (κ3) is 31.3. The minimum atomic E-state index is -4.86. The van der Waals surface area contributed by atoms with Gasteiger partial charge < -0.3 is 44.0 Å². The number of hydrogen-bond acceptors (Lipinski definition) is 19. The highest BCUT2D eigenvalue weighted by Crippen LogP contribution is 2.48. The summed E-state index contributed by atoms with van der Waals surface area (Å²) in [6, 6.07) is 0. The maximum absolute atomic E-state index is 11.8. The van der Waals surface area contributed by atoms with E-state index in [-0.39, 0.29) is 0 Å². The molecule has 0 saturated heterocycles. The van der Waals surface area contributed by atoms with Crippen LogP contribution in [0.1, 0.15) is 0 Å². The molecule has 9 N–H and O–H groups in total. The summed E-state index contributed by atoms with van der Waals surface area (Å²) < 4.78 is 131. The lowest BCUT2D eigenvalue weighted by Crippen LogP contribution is -2.10. The van der Waals surface area contributed by atoms with E-state index in [0.29, 0.717) is 0 Å². The van der Waals surface area contributed by atoms with E-state index in [4.69, 9.17) is 19.6 Å². The monoisotopic (exact) mass is 842 g/mol. The first-order valence-corrected chi connectivity index (χ1v) is 22.3. The van der Waals surface area contributed by atoms with Crippen molar-refractivity contribution in [3.63, 3.8) is 0 Å². The highest BCUT2D eigenvalue weighted by Gasteiger charge is 2.28. The van der Waals surface area contributed by atoms with Crippen molar-refractivity contribution >= 4 is 54.8 Å². The standard InChI is InChI=1S/C12H33O28P7/c13-41(14,15)29-1-3-31-43(19,20)33-5-7-35-45(23,24)37-9-11-39-47(27,28)40-12-10-38-46(25,26)36-8-6-34-44(21,22)32-4-2-30-42(16,17)18/h1-12H2,(H,19,20)(H,21,22)(H,23,24)(H,25,26)(H,27,28)(H2,13,14,15)(H2,16,17,18). The number of phosphoric ester groups is 7. The molecule has 284 valence electrons. The van der Waals surface area contributed by atoms with Crippen molar-refractivity contribution in [1.82, 2.24) is 0 Å². The smallest absolute Gasteiger partial charge is 0.303 e. The van der Waals surface area contributed by atoms with Crippen LogP contribution in [0.15, 0.2) is 0 Å². The van der Waals surface area contributed by atoms with Crippen molar-refractivity contribution in [1.29, 1.82) is 0 Å². The second-order valence-electron chi connectivity index (χ2n) is 7.32. The zero-order valence-corrected chi connectivity index (χ0v) is 29.7. The molecule has 0 bridgehead atoms. The van der Waals surface area contributed by atoms with Crippen LogP contribution in [0.3, 0.4) is 0 Å². The SMILES string of the molecule is O=P(O)(O)OCCOP(=O)(O)OCCOP(=O)(O)OCCOP(=O)(O)OCCOP(=O)(O)OCCOP(=O)(O)OCCOP(=O)(O)O. The van der Waals surface area contributed by atoms with Crippen LogP contribution < -0.4 is 0 Å². The molecule has 0 aromatic rings. The summed E-state index contributed by atoms with van der Waals surface area (Å²) in [6.45, 7) is -9.65. The molecule has 0 fully saturated rings. The maximum atomic E-state index is 11.8. The van der Waals surface area contributed by atoms with Gasteiger partial charge in [-0.2, -0.15) is 0 Å². The van der Waals surface area contributed by atoms with Crippen LogP contribution in [-0.4, -0.2) is 123 Å². The molecule has 0 aromatic heterocycles. The van der Waals surface area contributed by atoms with Crippen LogP contribution in [0.5, 0.6) is 0 Å². The fourth-order valence-electron chi connectivity index (χ4n) is 2.02. The number of hydrogen-bond donors (Lipinski definition) is 9. The van der Waals surface area contributed by atoms with Gasteiger partial charge in [0.1, 0.15) is 0 Å². The molecule has 0 spiro atoms. The molecule has 0 aromatic carbocycles. The lowest BCUT2D eigenvalue weighted by molar-refractivity contribution is 0.0739. The van der Waals surface area contributed by atoms with E-state index in [0.717, 1.165) is 0 Å². The Morgan fingerprint density at radius 1 is 0.234 bits per heavy atom. The third-order valence-corrected chi connectivity index (χ3v) is 9.69. The van der Waals surface area contributed by atoms with Gasteiger partial charge >= 0.3 is 54.8 Å². The molecule has 0 aliphatic carbocycles. The number of phosphoric acid groups is 7. The van der Waals surface area contributed by atoms with Crippen molar-refractivity contribution < 1.29 is 130 Å². The summed E-state index contributed by atoms with van der Waals surface area (Å²) in [5, 5.41) is 0. The molecule has 47 heavy (non-hydrogen) atoms. The Morgan fingerprint density at radius 3 is 0.447 bits per heavy atom.